The largest absolute Gasteiger partial charge is 0.367 e. The quantitative estimate of drug-likeness (QED) is 0.784. The minimum Gasteiger partial charge on any atom is -0.367 e. The van der Waals surface area contributed by atoms with Gasteiger partial charge in [0, 0.05) is 48.8 Å². The van der Waals surface area contributed by atoms with Gasteiger partial charge in [-0.3, -0.25) is 9.59 Å². The van der Waals surface area contributed by atoms with Gasteiger partial charge in [0.15, 0.2) is 5.78 Å². The van der Waals surface area contributed by atoms with Crippen LogP contribution in [0.3, 0.4) is 0 Å². The number of carbonyl (C=O) groups excluding carboxylic acids is 2. The lowest BCUT2D eigenvalue weighted by atomic mass is 10.1. The highest BCUT2D eigenvalue weighted by atomic mass is 79.9. The number of hydrogen-bond donors (Lipinski definition) is 0. The van der Waals surface area contributed by atoms with Crippen molar-refractivity contribution in [2.45, 2.75) is 13.8 Å². The number of nitrogens with zero attached hydrogens (tertiary/aromatic N) is 2. The summed E-state index contributed by atoms with van der Waals surface area (Å²) in [7, 11) is 0. The summed E-state index contributed by atoms with van der Waals surface area (Å²) in [6.07, 6.45) is 0. The van der Waals surface area contributed by atoms with Crippen LogP contribution in [-0.4, -0.2) is 42.8 Å². The molecule has 0 aromatic heterocycles. The second kappa shape index (κ2) is 5.74. The first-order valence-corrected chi connectivity index (χ1v) is 7.09. The first-order chi connectivity index (χ1) is 8.99. The van der Waals surface area contributed by atoms with E-state index in [2.05, 4.69) is 20.8 Å². The number of halogens is 1. The molecule has 1 saturated heterocycles. The van der Waals surface area contributed by atoms with Crippen LogP contribution in [0.2, 0.25) is 0 Å². The molecule has 0 aliphatic carbocycles. The van der Waals surface area contributed by atoms with Gasteiger partial charge in [-0.25, -0.2) is 0 Å². The van der Waals surface area contributed by atoms with Gasteiger partial charge < -0.3 is 9.80 Å². The molecule has 5 heteroatoms. The number of anilines is 1. The monoisotopic (exact) mass is 324 g/mol. The SMILES string of the molecule is CC(=O)c1ccc(Br)cc1N1CCN(C(C)=O)CC1. The lowest BCUT2D eigenvalue weighted by Crippen LogP contribution is -2.48. The maximum Gasteiger partial charge on any atom is 0.219 e. The van der Waals surface area contributed by atoms with E-state index >= 15 is 0 Å². The fourth-order valence-electron chi connectivity index (χ4n) is 2.33. The minimum absolute atomic E-state index is 0.0662. The molecule has 1 aromatic rings. The summed E-state index contributed by atoms with van der Waals surface area (Å²) >= 11 is 3.44. The van der Waals surface area contributed by atoms with Gasteiger partial charge in [-0.1, -0.05) is 15.9 Å². The standard InChI is InChI=1S/C14H17BrN2O2/c1-10(18)13-4-3-12(15)9-14(13)17-7-5-16(6-8-17)11(2)19/h3-4,9H,5-8H2,1-2H3. The number of ketones is 1. The molecule has 0 radical (unpaired) electrons. The van der Waals surface area contributed by atoms with E-state index in [9.17, 15) is 9.59 Å². The number of rotatable bonds is 2. The molecule has 0 spiro atoms. The van der Waals surface area contributed by atoms with Crippen molar-refractivity contribution in [3.63, 3.8) is 0 Å². The Bertz CT molecular complexity index is 508. The molecule has 4 nitrogen and oxygen atoms in total. The summed E-state index contributed by atoms with van der Waals surface area (Å²) in [5.41, 5.74) is 1.68. The zero-order valence-electron chi connectivity index (χ0n) is 11.1. The molecular formula is C14H17BrN2O2. The van der Waals surface area contributed by atoms with Gasteiger partial charge in [0.1, 0.15) is 0 Å². The Kier molecular flexibility index (Phi) is 4.24. The Labute approximate surface area is 121 Å². The molecule has 0 N–H and O–H groups in total. The number of amides is 1. The summed E-state index contributed by atoms with van der Waals surface area (Å²) < 4.78 is 0.960. The average Bonchev–Trinajstić information content (AvgIpc) is 2.38. The van der Waals surface area contributed by atoms with Crippen molar-refractivity contribution in [2.24, 2.45) is 0 Å². The number of carbonyl (C=O) groups is 2. The lowest BCUT2D eigenvalue weighted by Gasteiger charge is -2.36. The van der Waals surface area contributed by atoms with E-state index in [4.69, 9.17) is 0 Å². The van der Waals surface area contributed by atoms with E-state index in [1.807, 2.05) is 23.1 Å². The molecule has 1 aliphatic rings. The van der Waals surface area contributed by atoms with Gasteiger partial charge in [-0.15, -0.1) is 0 Å². The van der Waals surface area contributed by atoms with Crippen molar-refractivity contribution in [1.29, 1.82) is 0 Å². The number of Topliss-reactive ketones (excluding diaryl/α,β-unsaturated/α-hetero) is 1. The van der Waals surface area contributed by atoms with Gasteiger partial charge >= 0.3 is 0 Å². The minimum atomic E-state index is 0.0662. The van der Waals surface area contributed by atoms with Crippen LogP contribution in [0, 0.1) is 0 Å². The fourth-order valence-corrected chi connectivity index (χ4v) is 2.68. The Morgan fingerprint density at radius 1 is 1.11 bits per heavy atom. The molecule has 0 atom stereocenters. The van der Waals surface area contributed by atoms with Crippen molar-refractivity contribution in [2.75, 3.05) is 31.1 Å². The van der Waals surface area contributed by atoms with E-state index < -0.39 is 0 Å². The fraction of sp³-hybridized carbons (Fsp3) is 0.429. The highest BCUT2D eigenvalue weighted by molar-refractivity contribution is 9.10. The van der Waals surface area contributed by atoms with Gasteiger partial charge in [-0.05, 0) is 25.1 Å². The topological polar surface area (TPSA) is 40.6 Å². The van der Waals surface area contributed by atoms with Gasteiger partial charge in [0.2, 0.25) is 5.91 Å². The van der Waals surface area contributed by atoms with Crippen molar-refractivity contribution in [3.05, 3.63) is 28.2 Å². The Morgan fingerprint density at radius 2 is 1.74 bits per heavy atom. The summed E-state index contributed by atoms with van der Waals surface area (Å²) in [4.78, 5) is 27.0. The first-order valence-electron chi connectivity index (χ1n) is 6.30. The smallest absolute Gasteiger partial charge is 0.219 e. The molecule has 0 bridgehead atoms. The van der Waals surface area contributed by atoms with E-state index in [-0.39, 0.29) is 11.7 Å². The van der Waals surface area contributed by atoms with Crippen LogP contribution < -0.4 is 4.90 Å². The van der Waals surface area contributed by atoms with Crippen LogP contribution in [0.1, 0.15) is 24.2 Å². The van der Waals surface area contributed by atoms with Crippen LogP contribution in [0.15, 0.2) is 22.7 Å². The van der Waals surface area contributed by atoms with Crippen molar-refractivity contribution in [3.8, 4) is 0 Å². The molecule has 0 unspecified atom stereocenters. The van der Waals surface area contributed by atoms with E-state index in [0.29, 0.717) is 13.1 Å². The maximum atomic E-state index is 11.7. The van der Waals surface area contributed by atoms with Gasteiger partial charge in [0.05, 0.1) is 0 Å². The predicted molar refractivity (Wildman–Crippen MR) is 78.6 cm³/mol. The molecule has 1 aromatic carbocycles. The first kappa shape index (κ1) is 14.1. The van der Waals surface area contributed by atoms with Crippen LogP contribution in [0.5, 0.6) is 0 Å². The predicted octanol–water partition coefficient (Wildman–Crippen LogP) is 2.32. The van der Waals surface area contributed by atoms with Crippen molar-refractivity contribution < 1.29 is 9.59 Å². The van der Waals surface area contributed by atoms with Crippen molar-refractivity contribution >= 4 is 33.3 Å². The normalized spacial score (nSPS) is 15.5. The van der Waals surface area contributed by atoms with Crippen molar-refractivity contribution in [1.82, 2.24) is 4.90 Å². The number of hydrogen-bond acceptors (Lipinski definition) is 3. The maximum absolute atomic E-state index is 11.7. The molecule has 0 saturated carbocycles. The molecule has 1 aliphatic heterocycles. The summed E-state index contributed by atoms with van der Waals surface area (Å²) in [5.74, 6) is 0.178. The van der Waals surface area contributed by atoms with Gasteiger partial charge in [0.25, 0.3) is 0 Å². The van der Waals surface area contributed by atoms with Crippen LogP contribution in [0.4, 0.5) is 5.69 Å². The van der Waals surface area contributed by atoms with Crippen LogP contribution in [0.25, 0.3) is 0 Å². The Morgan fingerprint density at radius 3 is 2.26 bits per heavy atom. The molecule has 1 fully saturated rings. The Hall–Kier alpha value is -1.36. The summed E-state index contributed by atoms with van der Waals surface area (Å²) in [6.45, 7) is 6.11. The molecule has 1 heterocycles. The van der Waals surface area contributed by atoms with E-state index in [1.165, 1.54) is 0 Å². The lowest BCUT2D eigenvalue weighted by molar-refractivity contribution is -0.129. The second-order valence-electron chi connectivity index (χ2n) is 4.71. The van der Waals surface area contributed by atoms with E-state index in [1.54, 1.807) is 13.8 Å². The van der Waals surface area contributed by atoms with Crippen LogP contribution >= 0.6 is 15.9 Å². The van der Waals surface area contributed by atoms with E-state index in [0.717, 1.165) is 28.8 Å². The molecule has 19 heavy (non-hydrogen) atoms. The third-order valence-electron chi connectivity index (χ3n) is 3.40. The highest BCUT2D eigenvalue weighted by Gasteiger charge is 2.21. The van der Waals surface area contributed by atoms with Crippen LogP contribution in [-0.2, 0) is 4.79 Å². The third kappa shape index (κ3) is 3.15. The molecule has 102 valence electrons. The molecular weight excluding hydrogens is 308 g/mol. The zero-order chi connectivity index (χ0) is 14.0. The number of benzene rings is 1. The van der Waals surface area contributed by atoms with Gasteiger partial charge in [-0.2, -0.15) is 0 Å². The average molecular weight is 325 g/mol. The highest BCUT2D eigenvalue weighted by Crippen LogP contribution is 2.26. The molecule has 1 amide bonds. The summed E-state index contributed by atoms with van der Waals surface area (Å²) in [6, 6.07) is 5.70. The summed E-state index contributed by atoms with van der Waals surface area (Å²) in [5, 5.41) is 0. The Balaban J connectivity index is 2.21. The molecule has 2 rings (SSSR count). The second-order valence-corrected chi connectivity index (χ2v) is 5.63. The third-order valence-corrected chi connectivity index (χ3v) is 3.90. The zero-order valence-corrected chi connectivity index (χ0v) is 12.7. The number of piperazine rings is 1.